The third kappa shape index (κ3) is 26.2. The summed E-state index contributed by atoms with van der Waals surface area (Å²) in [6.45, 7) is 37.8. The Balaban J connectivity index is 0.000000368. The largest absolute Gasteiger partial charge is 0.481 e. The second kappa shape index (κ2) is 37.1. The summed E-state index contributed by atoms with van der Waals surface area (Å²) < 4.78 is 11.8. The van der Waals surface area contributed by atoms with Crippen molar-refractivity contribution in [3.63, 3.8) is 0 Å². The highest BCUT2D eigenvalue weighted by Crippen LogP contribution is 2.53. The van der Waals surface area contributed by atoms with Crippen molar-refractivity contribution in [2.45, 2.75) is 329 Å². The van der Waals surface area contributed by atoms with Crippen LogP contribution in [0.3, 0.4) is 0 Å². The van der Waals surface area contributed by atoms with E-state index in [2.05, 4.69) is 90.5 Å². The Hall–Kier alpha value is -6.76. The van der Waals surface area contributed by atoms with Gasteiger partial charge >= 0.3 is 48.3 Å². The number of esters is 2. The highest BCUT2D eigenvalue weighted by atomic mass is 16.7. The number of benzene rings is 2. The first-order valence-electron chi connectivity index (χ1n) is 37.1. The number of aliphatic carboxylic acids is 2. The van der Waals surface area contributed by atoms with Crippen molar-refractivity contribution in [1.82, 2.24) is 30.9 Å². The van der Waals surface area contributed by atoms with Crippen LogP contribution in [0.25, 0.3) is 0 Å². The Morgan fingerprint density at radius 1 is 0.396 bits per heavy atom. The third-order valence-electron chi connectivity index (χ3n) is 20.1. The molecule has 0 atom stereocenters. The Morgan fingerprint density at radius 2 is 0.683 bits per heavy atom. The normalized spacial score (nSPS) is 20.4. The molecule has 2 aromatic rings. The first kappa shape index (κ1) is 84.9. The van der Waals surface area contributed by atoms with Crippen molar-refractivity contribution in [3.8, 4) is 0 Å². The zero-order chi connectivity index (χ0) is 75.4. The molecule has 4 heterocycles. The summed E-state index contributed by atoms with van der Waals surface area (Å²) in [4.78, 5) is 123. The van der Waals surface area contributed by atoms with Gasteiger partial charge in [0, 0.05) is 63.0 Å². The first-order chi connectivity index (χ1) is 47.0. The van der Waals surface area contributed by atoms with Gasteiger partial charge in [0.1, 0.15) is 12.2 Å². The number of carbonyl (C=O) groups is 8. The molecule has 570 valence electrons. The molecule has 24 nitrogen and oxygen atoms in total. The van der Waals surface area contributed by atoms with E-state index in [9.17, 15) is 48.6 Å². The highest BCUT2D eigenvalue weighted by Gasteiger charge is 2.56. The molecular formula is C77H126N8O16. The number of nitrogens with zero attached hydrogens (tertiary/aromatic N) is 4. The molecule has 6 rings (SSSR count). The summed E-state index contributed by atoms with van der Waals surface area (Å²) in [6.07, 6.45) is 13.4. The molecule has 4 saturated heterocycles. The van der Waals surface area contributed by atoms with E-state index < -0.39 is 86.5 Å². The zero-order valence-corrected chi connectivity index (χ0v) is 64.3. The molecule has 101 heavy (non-hydrogen) atoms. The molecule has 0 unspecified atom stereocenters. The van der Waals surface area contributed by atoms with Crippen LogP contribution in [0.1, 0.15) is 272 Å². The zero-order valence-electron chi connectivity index (χ0n) is 64.3. The van der Waals surface area contributed by atoms with E-state index in [1.165, 1.54) is 0 Å². The molecule has 0 saturated carbocycles. The number of amides is 4. The number of rotatable bonds is 31. The topological polar surface area (TPSA) is 293 Å². The van der Waals surface area contributed by atoms with Crippen LogP contribution in [-0.2, 0) is 48.0 Å². The molecule has 0 bridgehead atoms. The van der Waals surface area contributed by atoms with Gasteiger partial charge in [0.15, 0.2) is 5.92 Å². The lowest BCUT2D eigenvalue weighted by Gasteiger charge is -2.58. The van der Waals surface area contributed by atoms with Crippen molar-refractivity contribution >= 4 is 59.6 Å². The van der Waals surface area contributed by atoms with E-state index in [1.807, 2.05) is 102 Å². The van der Waals surface area contributed by atoms with Crippen LogP contribution in [0.2, 0.25) is 0 Å². The molecular weight excluding hydrogens is 1290 g/mol. The summed E-state index contributed by atoms with van der Waals surface area (Å²) in [6, 6.07) is 18.3. The van der Waals surface area contributed by atoms with Crippen molar-refractivity contribution in [2.75, 3.05) is 23.7 Å². The van der Waals surface area contributed by atoms with Gasteiger partial charge in [0.25, 0.3) is 0 Å². The molecule has 0 aliphatic carbocycles. The lowest BCUT2D eigenvalue weighted by atomic mass is 9.61. The maximum atomic E-state index is 12.8. The van der Waals surface area contributed by atoms with Crippen LogP contribution in [0.4, 0.5) is 30.6 Å². The number of hydrogen-bond acceptors (Lipinski definition) is 18. The minimum Gasteiger partial charge on any atom is -0.481 e. The van der Waals surface area contributed by atoms with Crippen molar-refractivity contribution in [1.29, 1.82) is 0 Å². The molecule has 24 heteroatoms. The van der Waals surface area contributed by atoms with Gasteiger partial charge in [-0.3, -0.25) is 29.8 Å². The van der Waals surface area contributed by atoms with Gasteiger partial charge in [-0.2, -0.15) is 0 Å². The van der Waals surface area contributed by atoms with Gasteiger partial charge in [-0.25, -0.2) is 19.2 Å². The summed E-state index contributed by atoms with van der Waals surface area (Å²) in [5, 5.41) is 37.4. The number of carboxylic acids is 2. The SMILES string of the molecule is CC1(C)CC(OC(=O)CCCCCCCCC(=O)OC2CC(C)(C)N(OC(=O)Nc3ccccc3)C(C)(C)C2)CC(C)(C)N1OC(=O)Nc1ccccc1.CCCCNC(=O)ON1C(C)(C)CC(C(CCCC(C(=O)O)C(=O)O)C2CC(C)(C)N(OC(=O)NCCCC)C(C)(C)C2)CC1(C)C. The third-order valence-corrected chi connectivity index (χ3v) is 20.1. The van der Waals surface area contributed by atoms with Gasteiger partial charge in [-0.1, -0.05) is 95.2 Å². The van der Waals surface area contributed by atoms with Crippen molar-refractivity contribution < 1.29 is 77.4 Å². The van der Waals surface area contributed by atoms with Crippen molar-refractivity contribution in [2.24, 2.45) is 23.7 Å². The molecule has 4 aliphatic heterocycles. The fourth-order valence-electron chi connectivity index (χ4n) is 16.7. The van der Waals surface area contributed by atoms with E-state index in [4.69, 9.17) is 28.8 Å². The minimum atomic E-state index is -1.45. The standard InChI is InChI=1S/C42H62N4O8.C35H64N4O8/c1-39(2)27-33(28-40(3,4)45(39)53-37(49)43-31-21-15-13-16-22-31)51-35(47)25-19-11-9-10-12-20-26-36(48)52-34-29-41(5,6)46(42(7,8)30-34)54-38(50)44-32-23-17-14-18-24-32;1-11-13-18-36-30(44)46-38-32(3,4)20-24(21-33(38,5)6)26(16-15-17-27(28(40)41)29(42)43)25-22-34(7,8)39(35(9,10)23-25)47-31(45)37-19-14-12-2/h13-18,21-24,33-34H,9-12,19-20,25-30H2,1-8H3,(H,43,49)(H,44,50);24-27H,11-23H2,1-10H3,(H,36,44)(H,37,45)(H,40,41)(H,42,43). The number of piperidine rings is 4. The average Bonchev–Trinajstić information content (AvgIpc) is 0.757. The Bertz CT molecular complexity index is 2750. The fraction of sp³-hybridized carbons (Fsp3) is 0.740. The minimum absolute atomic E-state index is 0.0561. The summed E-state index contributed by atoms with van der Waals surface area (Å²) in [5.41, 5.74) is -2.87. The number of hydrogen-bond donors (Lipinski definition) is 6. The monoisotopic (exact) mass is 1420 g/mol. The van der Waals surface area contributed by atoms with Gasteiger partial charge in [-0.15, -0.1) is 20.3 Å². The van der Waals surface area contributed by atoms with Crippen LogP contribution in [-0.4, -0.2) is 148 Å². The summed E-state index contributed by atoms with van der Waals surface area (Å²) in [7, 11) is 0. The molecule has 4 amide bonds. The predicted molar refractivity (Wildman–Crippen MR) is 389 cm³/mol. The molecule has 4 aliphatic rings. The van der Waals surface area contributed by atoms with Crippen molar-refractivity contribution in [3.05, 3.63) is 60.7 Å². The molecule has 0 spiro atoms. The Labute approximate surface area is 602 Å². The van der Waals surface area contributed by atoms with Gasteiger partial charge < -0.3 is 49.7 Å². The van der Waals surface area contributed by atoms with Crippen LogP contribution in [0, 0.1) is 23.7 Å². The molecule has 0 radical (unpaired) electrons. The van der Waals surface area contributed by atoms with Crippen LogP contribution < -0.4 is 21.3 Å². The number of nitrogens with one attached hydrogen (secondary N) is 4. The second-order valence-corrected chi connectivity index (χ2v) is 33.6. The fourth-order valence-corrected chi connectivity index (χ4v) is 16.7. The van der Waals surface area contributed by atoms with E-state index in [1.54, 1.807) is 34.4 Å². The summed E-state index contributed by atoms with van der Waals surface area (Å²) in [5.74, 6) is -3.96. The lowest BCUT2D eigenvalue weighted by molar-refractivity contribution is -0.263. The molecule has 2 aromatic carbocycles. The molecule has 4 fully saturated rings. The molecule has 6 N–H and O–H groups in total. The van der Waals surface area contributed by atoms with Crippen LogP contribution >= 0.6 is 0 Å². The number of carboxylic acid groups (broad SMARTS) is 2. The Morgan fingerprint density at radius 3 is 0.980 bits per heavy atom. The van der Waals surface area contributed by atoms with E-state index >= 15 is 0 Å². The lowest BCUT2D eigenvalue weighted by Crippen LogP contribution is -2.64. The number of anilines is 2. The number of hydroxylamine groups is 8. The maximum Gasteiger partial charge on any atom is 0.430 e. The summed E-state index contributed by atoms with van der Waals surface area (Å²) >= 11 is 0. The average molecular weight is 1420 g/mol. The van der Waals surface area contributed by atoms with E-state index in [0.29, 0.717) is 75.8 Å². The molecule has 0 aromatic heterocycles. The highest BCUT2D eigenvalue weighted by molar-refractivity contribution is 5.92. The Kier molecular flexibility index (Phi) is 31.2. The van der Waals surface area contributed by atoms with E-state index in [-0.39, 0.29) is 48.3 Å². The van der Waals surface area contributed by atoms with Crippen LogP contribution in [0.5, 0.6) is 0 Å². The van der Waals surface area contributed by atoms with Gasteiger partial charge in [0.05, 0.1) is 44.3 Å². The predicted octanol–water partition coefficient (Wildman–Crippen LogP) is 16.5. The van der Waals surface area contributed by atoms with Gasteiger partial charge in [0.2, 0.25) is 0 Å². The second-order valence-electron chi connectivity index (χ2n) is 33.6. The number of unbranched alkanes of at least 4 members (excludes halogenated alkanes) is 7. The maximum absolute atomic E-state index is 12.8. The number of para-hydroxylation sites is 2. The number of carbonyl (C=O) groups excluding carboxylic acids is 6. The quantitative estimate of drug-likeness (QED) is 0.0232. The first-order valence-corrected chi connectivity index (χ1v) is 37.1. The van der Waals surface area contributed by atoms with E-state index in [0.717, 1.165) is 89.9 Å². The van der Waals surface area contributed by atoms with Gasteiger partial charge in [-0.05, 0) is 217 Å². The van der Waals surface area contributed by atoms with Crippen LogP contribution in [0.15, 0.2) is 60.7 Å². The smallest absolute Gasteiger partial charge is 0.430 e. The number of ether oxygens (including phenoxy) is 2.